The zero-order valence-electron chi connectivity index (χ0n) is 8.92. The number of nitrogens with one attached hydrogen (secondary N) is 1. The van der Waals surface area contributed by atoms with Gasteiger partial charge in [0.1, 0.15) is 5.82 Å². The zero-order valence-corrected chi connectivity index (χ0v) is 8.92. The molecular weight excluding hydrogens is 176 g/mol. The highest BCUT2D eigenvalue weighted by Gasteiger charge is 1.96. The molecule has 1 aromatic rings. The average molecular weight is 194 g/mol. The number of rotatable bonds is 6. The van der Waals surface area contributed by atoms with Gasteiger partial charge in [-0.3, -0.25) is 0 Å². The fourth-order valence-electron chi connectivity index (χ4n) is 1.25. The molecule has 3 nitrogen and oxygen atoms in total. The number of ether oxygens (including phenoxy) is 1. The normalized spacial score (nSPS) is 10.1. The Kier molecular flexibility index (Phi) is 5.00. The van der Waals surface area contributed by atoms with E-state index >= 15 is 0 Å². The first-order valence-electron chi connectivity index (χ1n) is 4.99. The molecule has 78 valence electrons. The summed E-state index contributed by atoms with van der Waals surface area (Å²) in [6.07, 6.45) is 4.02. The highest BCUT2D eigenvalue weighted by atomic mass is 16.5. The number of nitrogens with zero attached hydrogens (tertiary/aromatic N) is 1. The van der Waals surface area contributed by atoms with E-state index in [1.807, 2.05) is 12.3 Å². The number of anilines is 1. The number of unbranched alkanes of at least 4 members (excludes halogenated alkanes) is 1. The second kappa shape index (κ2) is 6.38. The molecule has 0 aliphatic carbocycles. The molecule has 0 aliphatic rings. The highest BCUT2D eigenvalue weighted by molar-refractivity contribution is 5.42. The average Bonchev–Trinajstić information content (AvgIpc) is 2.20. The zero-order chi connectivity index (χ0) is 10.2. The van der Waals surface area contributed by atoms with Crippen LogP contribution in [-0.4, -0.2) is 25.2 Å². The Morgan fingerprint density at radius 2 is 2.29 bits per heavy atom. The standard InChI is InChI=1S/C11H18N2O/c1-10-6-5-8-13-11(10)12-7-3-4-9-14-2/h5-6,8H,3-4,7,9H2,1-2H3,(H,12,13). The minimum Gasteiger partial charge on any atom is -0.385 e. The Bertz CT molecular complexity index is 263. The summed E-state index contributed by atoms with van der Waals surface area (Å²) in [6, 6.07) is 4.01. The van der Waals surface area contributed by atoms with Crippen molar-refractivity contribution in [2.24, 2.45) is 0 Å². The maximum absolute atomic E-state index is 4.97. The van der Waals surface area contributed by atoms with E-state index in [0.717, 1.165) is 31.8 Å². The summed E-state index contributed by atoms with van der Waals surface area (Å²) in [5.41, 5.74) is 1.19. The van der Waals surface area contributed by atoms with Crippen molar-refractivity contribution in [3.05, 3.63) is 23.9 Å². The first-order chi connectivity index (χ1) is 6.84. The van der Waals surface area contributed by atoms with Crippen LogP contribution in [0.1, 0.15) is 18.4 Å². The number of hydrogen-bond acceptors (Lipinski definition) is 3. The summed E-state index contributed by atoms with van der Waals surface area (Å²) in [6.45, 7) is 3.86. The predicted octanol–water partition coefficient (Wildman–Crippen LogP) is 2.23. The molecule has 1 aromatic heterocycles. The summed E-state index contributed by atoms with van der Waals surface area (Å²) >= 11 is 0. The summed E-state index contributed by atoms with van der Waals surface area (Å²) in [5.74, 6) is 0.991. The molecule has 0 unspecified atom stereocenters. The van der Waals surface area contributed by atoms with E-state index in [0.29, 0.717) is 0 Å². The number of methoxy groups -OCH3 is 1. The van der Waals surface area contributed by atoms with Crippen LogP contribution >= 0.6 is 0 Å². The molecule has 0 aromatic carbocycles. The van der Waals surface area contributed by atoms with Gasteiger partial charge >= 0.3 is 0 Å². The van der Waals surface area contributed by atoms with Gasteiger partial charge in [0.05, 0.1) is 0 Å². The molecule has 0 radical (unpaired) electrons. The van der Waals surface area contributed by atoms with Gasteiger partial charge in [-0.25, -0.2) is 4.98 Å². The number of aromatic nitrogens is 1. The lowest BCUT2D eigenvalue weighted by Gasteiger charge is -2.07. The summed E-state index contributed by atoms with van der Waals surface area (Å²) < 4.78 is 4.97. The molecule has 0 atom stereocenters. The largest absolute Gasteiger partial charge is 0.385 e. The van der Waals surface area contributed by atoms with Crippen molar-refractivity contribution in [1.29, 1.82) is 0 Å². The van der Waals surface area contributed by atoms with Gasteiger partial charge in [-0.15, -0.1) is 0 Å². The number of hydrogen-bond donors (Lipinski definition) is 1. The Balaban J connectivity index is 2.21. The number of pyridine rings is 1. The first kappa shape index (κ1) is 11.0. The second-order valence-electron chi connectivity index (χ2n) is 3.30. The molecule has 1 rings (SSSR count). The fraction of sp³-hybridized carbons (Fsp3) is 0.545. The van der Waals surface area contributed by atoms with Crippen molar-refractivity contribution in [2.75, 3.05) is 25.6 Å². The van der Waals surface area contributed by atoms with E-state index in [2.05, 4.69) is 23.3 Å². The van der Waals surface area contributed by atoms with E-state index < -0.39 is 0 Å². The molecule has 1 heterocycles. The van der Waals surface area contributed by atoms with E-state index in [1.165, 1.54) is 5.56 Å². The summed E-state index contributed by atoms with van der Waals surface area (Å²) in [4.78, 5) is 4.25. The van der Waals surface area contributed by atoms with E-state index in [1.54, 1.807) is 7.11 Å². The molecule has 0 fully saturated rings. The van der Waals surface area contributed by atoms with Crippen molar-refractivity contribution in [1.82, 2.24) is 4.98 Å². The van der Waals surface area contributed by atoms with Crippen LogP contribution in [0.25, 0.3) is 0 Å². The Morgan fingerprint density at radius 1 is 1.43 bits per heavy atom. The van der Waals surface area contributed by atoms with Crippen LogP contribution in [0.15, 0.2) is 18.3 Å². The molecular formula is C11H18N2O. The molecule has 0 saturated heterocycles. The van der Waals surface area contributed by atoms with Gasteiger partial charge in [-0.1, -0.05) is 6.07 Å². The van der Waals surface area contributed by atoms with Crippen LogP contribution in [0.2, 0.25) is 0 Å². The Hall–Kier alpha value is -1.09. The van der Waals surface area contributed by atoms with Gasteiger partial charge in [0.15, 0.2) is 0 Å². The second-order valence-corrected chi connectivity index (χ2v) is 3.30. The molecule has 0 saturated carbocycles. The van der Waals surface area contributed by atoms with Gasteiger partial charge in [0.25, 0.3) is 0 Å². The van der Waals surface area contributed by atoms with Crippen LogP contribution in [0.4, 0.5) is 5.82 Å². The highest BCUT2D eigenvalue weighted by Crippen LogP contribution is 2.08. The third-order valence-corrected chi connectivity index (χ3v) is 2.08. The summed E-state index contributed by atoms with van der Waals surface area (Å²) in [7, 11) is 1.73. The van der Waals surface area contributed by atoms with Gasteiger partial charge < -0.3 is 10.1 Å². The van der Waals surface area contributed by atoms with E-state index in [4.69, 9.17) is 4.74 Å². The molecule has 0 bridgehead atoms. The van der Waals surface area contributed by atoms with Crippen LogP contribution in [0.5, 0.6) is 0 Å². The first-order valence-corrected chi connectivity index (χ1v) is 4.99. The number of aryl methyl sites for hydroxylation is 1. The fourth-order valence-corrected chi connectivity index (χ4v) is 1.25. The van der Waals surface area contributed by atoms with Crippen LogP contribution in [0.3, 0.4) is 0 Å². The molecule has 0 spiro atoms. The minimum atomic E-state index is 0.836. The van der Waals surface area contributed by atoms with Crippen LogP contribution in [-0.2, 0) is 4.74 Å². The Morgan fingerprint density at radius 3 is 3.00 bits per heavy atom. The van der Waals surface area contributed by atoms with Gasteiger partial charge in [0, 0.05) is 26.5 Å². The van der Waals surface area contributed by atoms with Crippen molar-refractivity contribution in [3.8, 4) is 0 Å². The third kappa shape index (κ3) is 3.75. The lowest BCUT2D eigenvalue weighted by atomic mass is 10.2. The lowest BCUT2D eigenvalue weighted by molar-refractivity contribution is 0.194. The summed E-state index contributed by atoms with van der Waals surface area (Å²) in [5, 5.41) is 3.31. The van der Waals surface area contributed by atoms with Crippen molar-refractivity contribution < 1.29 is 4.74 Å². The smallest absolute Gasteiger partial charge is 0.128 e. The van der Waals surface area contributed by atoms with Crippen LogP contribution in [0, 0.1) is 6.92 Å². The predicted molar refractivity (Wildman–Crippen MR) is 58.6 cm³/mol. The van der Waals surface area contributed by atoms with Gasteiger partial charge in [-0.05, 0) is 31.4 Å². The van der Waals surface area contributed by atoms with Crippen molar-refractivity contribution in [3.63, 3.8) is 0 Å². The maximum Gasteiger partial charge on any atom is 0.128 e. The van der Waals surface area contributed by atoms with Crippen molar-refractivity contribution >= 4 is 5.82 Å². The molecule has 3 heteroatoms. The maximum atomic E-state index is 4.97. The molecule has 0 amide bonds. The molecule has 14 heavy (non-hydrogen) atoms. The topological polar surface area (TPSA) is 34.1 Å². The van der Waals surface area contributed by atoms with Crippen LogP contribution < -0.4 is 5.32 Å². The quantitative estimate of drug-likeness (QED) is 0.705. The van der Waals surface area contributed by atoms with Crippen molar-refractivity contribution in [2.45, 2.75) is 19.8 Å². The molecule has 1 N–H and O–H groups in total. The Labute approximate surface area is 85.5 Å². The van der Waals surface area contributed by atoms with E-state index in [-0.39, 0.29) is 0 Å². The van der Waals surface area contributed by atoms with E-state index in [9.17, 15) is 0 Å². The van der Waals surface area contributed by atoms with Gasteiger partial charge in [0.2, 0.25) is 0 Å². The molecule has 0 aliphatic heterocycles. The lowest BCUT2D eigenvalue weighted by Crippen LogP contribution is -2.05. The minimum absolute atomic E-state index is 0.836. The SMILES string of the molecule is COCCCCNc1ncccc1C. The third-order valence-electron chi connectivity index (χ3n) is 2.08. The van der Waals surface area contributed by atoms with Gasteiger partial charge in [-0.2, -0.15) is 0 Å². The monoisotopic (exact) mass is 194 g/mol.